The van der Waals surface area contributed by atoms with Gasteiger partial charge in [0.05, 0.1) is 6.10 Å². The maximum atomic E-state index is 9.89. The van der Waals surface area contributed by atoms with Crippen LogP contribution >= 0.6 is 0 Å². The summed E-state index contributed by atoms with van der Waals surface area (Å²) in [5, 5.41) is 0. The molecule has 0 saturated heterocycles. The monoisotopic (exact) mass is 137 g/mol. The fraction of sp³-hybridized carbons (Fsp3) is 1.00. The van der Waals surface area contributed by atoms with Crippen molar-refractivity contribution in [1.29, 1.82) is 0 Å². The molecule has 8 heavy (non-hydrogen) atoms. The molecule has 0 aromatic rings. The molecule has 0 N–H and O–H groups in total. The van der Waals surface area contributed by atoms with Crippen LogP contribution in [0.4, 0.5) is 0 Å². The Bertz CT molecular complexity index is 83.4. The van der Waals surface area contributed by atoms with E-state index in [2.05, 4.69) is 4.74 Å². The number of ether oxygens (including phenoxy) is 1. The van der Waals surface area contributed by atoms with Gasteiger partial charge in [-0.15, -0.1) is 0 Å². The summed E-state index contributed by atoms with van der Waals surface area (Å²) >= 11 is -1.97. The molecule has 3 nitrogen and oxygen atoms in total. The fourth-order valence-corrected chi connectivity index (χ4v) is 0.779. The molecular formula is C4H9O3S-. The van der Waals surface area contributed by atoms with Crippen LogP contribution in [0.5, 0.6) is 0 Å². The first-order chi connectivity index (χ1) is 3.66. The summed E-state index contributed by atoms with van der Waals surface area (Å²) in [6.07, 6.45) is -0.187. The minimum absolute atomic E-state index is 0.0799. The van der Waals surface area contributed by atoms with Crippen LogP contribution in [0.2, 0.25) is 0 Å². The smallest absolute Gasteiger partial charge is 0.0647 e. The lowest BCUT2D eigenvalue weighted by Gasteiger charge is -2.09. The average molecular weight is 137 g/mol. The lowest BCUT2D eigenvalue weighted by Crippen LogP contribution is -2.14. The zero-order valence-electron chi connectivity index (χ0n) is 4.92. The molecule has 0 saturated carbocycles. The van der Waals surface area contributed by atoms with Crippen molar-refractivity contribution < 1.29 is 13.5 Å². The molecule has 0 heterocycles. The third kappa shape index (κ3) is 4.23. The second-order valence-corrected chi connectivity index (χ2v) is 2.46. The lowest BCUT2D eigenvalue weighted by atomic mass is 10.5. The summed E-state index contributed by atoms with van der Waals surface area (Å²) in [6.45, 7) is 1.70. The van der Waals surface area contributed by atoms with Crippen molar-refractivity contribution >= 4 is 11.1 Å². The molecule has 0 aromatic heterocycles. The van der Waals surface area contributed by atoms with Crippen LogP contribution in [0, 0.1) is 0 Å². The average Bonchev–Trinajstić information content (AvgIpc) is 1.65. The van der Waals surface area contributed by atoms with E-state index in [9.17, 15) is 8.76 Å². The van der Waals surface area contributed by atoms with Gasteiger partial charge in [-0.1, -0.05) is 11.1 Å². The Kier molecular flexibility index (Phi) is 4.03. The highest BCUT2D eigenvalue weighted by molar-refractivity contribution is 7.79. The van der Waals surface area contributed by atoms with Gasteiger partial charge in [0.1, 0.15) is 0 Å². The zero-order chi connectivity index (χ0) is 6.57. The van der Waals surface area contributed by atoms with Crippen molar-refractivity contribution in [2.24, 2.45) is 0 Å². The Morgan fingerprint density at radius 2 is 2.38 bits per heavy atom. The first kappa shape index (κ1) is 8.07. The first-order valence-corrected chi connectivity index (χ1v) is 3.50. The molecule has 0 spiro atoms. The summed E-state index contributed by atoms with van der Waals surface area (Å²) in [7, 11) is 1.48. The first-order valence-electron chi connectivity index (χ1n) is 2.25. The molecule has 0 aromatic carbocycles. The maximum absolute atomic E-state index is 9.89. The van der Waals surface area contributed by atoms with Gasteiger partial charge < -0.3 is 9.29 Å². The summed E-state index contributed by atoms with van der Waals surface area (Å²) in [4.78, 5) is 0. The van der Waals surface area contributed by atoms with E-state index < -0.39 is 11.1 Å². The van der Waals surface area contributed by atoms with Crippen LogP contribution in [0.25, 0.3) is 0 Å². The largest absolute Gasteiger partial charge is 0.772 e. The third-order valence-corrected chi connectivity index (χ3v) is 1.51. The van der Waals surface area contributed by atoms with Crippen LogP contribution in [-0.4, -0.2) is 27.7 Å². The fourth-order valence-electron chi connectivity index (χ4n) is 0.260. The molecule has 0 rings (SSSR count). The molecule has 50 valence electrons. The molecule has 2 atom stereocenters. The van der Waals surface area contributed by atoms with Crippen LogP contribution in [0.15, 0.2) is 0 Å². The van der Waals surface area contributed by atoms with E-state index in [-0.39, 0.29) is 11.9 Å². The predicted molar refractivity (Wildman–Crippen MR) is 30.3 cm³/mol. The molecule has 0 aliphatic rings. The highest BCUT2D eigenvalue weighted by Gasteiger charge is 1.95. The van der Waals surface area contributed by atoms with Crippen LogP contribution < -0.4 is 0 Å². The molecule has 0 bridgehead atoms. The van der Waals surface area contributed by atoms with Crippen molar-refractivity contribution in [3.63, 3.8) is 0 Å². The van der Waals surface area contributed by atoms with E-state index in [1.54, 1.807) is 6.92 Å². The molecule has 0 fully saturated rings. The second kappa shape index (κ2) is 4.00. The van der Waals surface area contributed by atoms with E-state index in [1.165, 1.54) is 7.11 Å². The maximum Gasteiger partial charge on any atom is 0.0647 e. The summed E-state index contributed by atoms with van der Waals surface area (Å²) in [5.41, 5.74) is 0. The van der Waals surface area contributed by atoms with Crippen molar-refractivity contribution in [1.82, 2.24) is 0 Å². The Balaban J connectivity index is 3.24. The highest BCUT2D eigenvalue weighted by Crippen LogP contribution is 1.87. The Labute approximate surface area is 51.3 Å². The summed E-state index contributed by atoms with van der Waals surface area (Å²) in [6, 6.07) is 0. The number of rotatable bonds is 3. The molecular weight excluding hydrogens is 128 g/mol. The summed E-state index contributed by atoms with van der Waals surface area (Å²) in [5.74, 6) is 0.0799. The third-order valence-electron chi connectivity index (χ3n) is 0.773. The zero-order valence-corrected chi connectivity index (χ0v) is 5.73. The van der Waals surface area contributed by atoms with Gasteiger partial charge in [-0.3, -0.25) is 4.21 Å². The molecule has 0 aliphatic heterocycles. The van der Waals surface area contributed by atoms with Gasteiger partial charge in [-0.2, -0.15) is 0 Å². The molecule has 4 heteroatoms. The number of hydrogen-bond donors (Lipinski definition) is 0. The van der Waals surface area contributed by atoms with Crippen LogP contribution in [0.3, 0.4) is 0 Å². The number of methoxy groups -OCH3 is 1. The molecule has 0 radical (unpaired) electrons. The Morgan fingerprint density at radius 1 is 1.88 bits per heavy atom. The van der Waals surface area contributed by atoms with Gasteiger partial charge in [-0.25, -0.2) is 0 Å². The van der Waals surface area contributed by atoms with Crippen molar-refractivity contribution in [2.45, 2.75) is 13.0 Å². The lowest BCUT2D eigenvalue weighted by molar-refractivity contribution is 0.136. The Hall–Kier alpha value is 0.0700. The van der Waals surface area contributed by atoms with Crippen LogP contribution in [0.1, 0.15) is 6.92 Å². The quantitative estimate of drug-likeness (QED) is 0.510. The van der Waals surface area contributed by atoms with E-state index in [4.69, 9.17) is 0 Å². The number of hydrogen-bond acceptors (Lipinski definition) is 3. The topological polar surface area (TPSA) is 49.4 Å². The Morgan fingerprint density at radius 3 is 2.50 bits per heavy atom. The van der Waals surface area contributed by atoms with Gasteiger partial charge in [0.25, 0.3) is 0 Å². The molecule has 2 unspecified atom stereocenters. The standard InChI is InChI=1S/C4H10O3S/c1-4(7-2)3-8(5)6/h4H,3H2,1-2H3,(H,5,6)/p-1. The van der Waals surface area contributed by atoms with Crippen molar-refractivity contribution in [3.05, 3.63) is 0 Å². The van der Waals surface area contributed by atoms with Gasteiger partial charge in [0.2, 0.25) is 0 Å². The highest BCUT2D eigenvalue weighted by atomic mass is 32.2. The van der Waals surface area contributed by atoms with Gasteiger partial charge in [-0.05, 0) is 6.92 Å². The minimum atomic E-state index is -1.97. The second-order valence-electron chi connectivity index (χ2n) is 1.52. The van der Waals surface area contributed by atoms with Gasteiger partial charge in [0.15, 0.2) is 0 Å². The summed E-state index contributed by atoms with van der Waals surface area (Å²) < 4.78 is 24.4. The normalized spacial score (nSPS) is 17.9. The van der Waals surface area contributed by atoms with Gasteiger partial charge in [0, 0.05) is 12.9 Å². The molecule has 0 aliphatic carbocycles. The molecule has 0 amide bonds. The van der Waals surface area contributed by atoms with Crippen LogP contribution in [-0.2, 0) is 15.8 Å². The van der Waals surface area contributed by atoms with E-state index in [1.807, 2.05) is 0 Å². The van der Waals surface area contributed by atoms with Crippen molar-refractivity contribution in [3.8, 4) is 0 Å². The van der Waals surface area contributed by atoms with Gasteiger partial charge >= 0.3 is 0 Å². The van der Waals surface area contributed by atoms with E-state index in [0.29, 0.717) is 0 Å². The van der Waals surface area contributed by atoms with E-state index >= 15 is 0 Å². The van der Waals surface area contributed by atoms with Crippen molar-refractivity contribution in [2.75, 3.05) is 12.9 Å². The SMILES string of the molecule is COC(C)CS(=O)[O-]. The predicted octanol–water partition coefficient (Wildman–Crippen LogP) is -0.0996. The minimum Gasteiger partial charge on any atom is -0.772 e. The van der Waals surface area contributed by atoms with E-state index in [0.717, 1.165) is 0 Å².